The van der Waals surface area contributed by atoms with Gasteiger partial charge in [-0.2, -0.15) is 4.98 Å². The van der Waals surface area contributed by atoms with Crippen molar-refractivity contribution in [3.05, 3.63) is 52.1 Å². The molecule has 0 atom stereocenters. The molecule has 0 aliphatic carbocycles. The van der Waals surface area contributed by atoms with Crippen LogP contribution >= 0.6 is 0 Å². The maximum Gasteiger partial charge on any atom is 0.273 e. The molecule has 0 saturated heterocycles. The number of halogens is 2. The van der Waals surface area contributed by atoms with E-state index in [0.717, 1.165) is 6.07 Å². The van der Waals surface area contributed by atoms with E-state index in [1.54, 1.807) is 0 Å². The van der Waals surface area contributed by atoms with E-state index in [1.807, 2.05) is 5.43 Å². The lowest BCUT2D eigenvalue weighted by Crippen LogP contribution is -2.11. The van der Waals surface area contributed by atoms with E-state index in [9.17, 15) is 18.9 Å². The number of non-ortho nitro benzene ring substituents is 1. The molecular formula is C11H8F2N4O3. The number of aromatic nitrogens is 1. The molecular weight excluding hydrogens is 274 g/mol. The molecule has 0 spiro atoms. The van der Waals surface area contributed by atoms with Crippen LogP contribution in [0.2, 0.25) is 0 Å². The van der Waals surface area contributed by atoms with Gasteiger partial charge in [0.05, 0.1) is 11.0 Å². The molecule has 20 heavy (non-hydrogen) atoms. The second-order valence-corrected chi connectivity index (χ2v) is 3.61. The van der Waals surface area contributed by atoms with Crippen LogP contribution in [-0.2, 0) is 0 Å². The van der Waals surface area contributed by atoms with E-state index in [0.29, 0.717) is 6.07 Å². The Morgan fingerprint density at radius 2 is 2.05 bits per heavy atom. The Morgan fingerprint density at radius 3 is 2.70 bits per heavy atom. The predicted molar refractivity (Wildman–Crippen MR) is 65.1 cm³/mol. The zero-order chi connectivity index (χ0) is 14.7. The van der Waals surface area contributed by atoms with Crippen molar-refractivity contribution in [1.82, 2.24) is 4.98 Å². The Morgan fingerprint density at radius 1 is 1.30 bits per heavy atom. The fraction of sp³-hybridized carbons (Fsp3) is 0. The van der Waals surface area contributed by atoms with Gasteiger partial charge >= 0.3 is 0 Å². The Labute approximate surface area is 111 Å². The monoisotopic (exact) mass is 282 g/mol. The number of hydrogen-bond donors (Lipinski definition) is 2. The van der Waals surface area contributed by atoms with Crippen molar-refractivity contribution in [2.24, 2.45) is 5.84 Å². The zero-order valence-corrected chi connectivity index (χ0v) is 9.84. The van der Waals surface area contributed by atoms with Gasteiger partial charge in [0.25, 0.3) is 11.6 Å². The Kier molecular flexibility index (Phi) is 3.71. The number of hydrogen-bond acceptors (Lipinski definition) is 6. The number of nitro benzene ring substituents is 1. The van der Waals surface area contributed by atoms with Gasteiger partial charge < -0.3 is 10.2 Å². The molecule has 2 rings (SSSR count). The highest BCUT2D eigenvalue weighted by Gasteiger charge is 2.14. The molecule has 7 nitrogen and oxygen atoms in total. The van der Waals surface area contributed by atoms with Crippen molar-refractivity contribution >= 4 is 11.5 Å². The number of nitrogens with one attached hydrogen (secondary N) is 1. The van der Waals surface area contributed by atoms with Crippen LogP contribution in [0.25, 0.3) is 0 Å². The molecule has 0 aliphatic rings. The summed E-state index contributed by atoms with van der Waals surface area (Å²) in [6.07, 6.45) is 0. The molecule has 3 N–H and O–H groups in total. The number of ether oxygens (including phenoxy) is 1. The van der Waals surface area contributed by atoms with Crippen LogP contribution in [0.15, 0.2) is 30.3 Å². The quantitative estimate of drug-likeness (QED) is 0.507. The van der Waals surface area contributed by atoms with E-state index >= 15 is 0 Å². The van der Waals surface area contributed by atoms with Crippen molar-refractivity contribution in [2.45, 2.75) is 0 Å². The highest BCUT2D eigenvalue weighted by atomic mass is 19.1. The second kappa shape index (κ2) is 5.45. The Bertz CT molecular complexity index is 666. The third-order valence-electron chi connectivity index (χ3n) is 2.28. The van der Waals surface area contributed by atoms with E-state index < -0.39 is 28.3 Å². The molecule has 104 valence electrons. The van der Waals surface area contributed by atoms with E-state index in [4.69, 9.17) is 10.6 Å². The van der Waals surface area contributed by atoms with Crippen molar-refractivity contribution in [3.8, 4) is 11.6 Å². The van der Waals surface area contributed by atoms with Gasteiger partial charge in [0.1, 0.15) is 5.75 Å². The Hall–Kier alpha value is -2.81. The summed E-state index contributed by atoms with van der Waals surface area (Å²) >= 11 is 0. The molecule has 0 radical (unpaired) electrons. The maximum atomic E-state index is 13.5. The minimum absolute atomic E-state index is 0.0137. The van der Waals surface area contributed by atoms with Crippen molar-refractivity contribution < 1.29 is 18.4 Å². The molecule has 1 aromatic heterocycles. The van der Waals surface area contributed by atoms with Gasteiger partial charge in [-0.15, -0.1) is 0 Å². The maximum absolute atomic E-state index is 13.5. The van der Waals surface area contributed by atoms with Gasteiger partial charge in [0.2, 0.25) is 0 Å². The van der Waals surface area contributed by atoms with E-state index in [2.05, 4.69) is 4.98 Å². The molecule has 9 heteroatoms. The van der Waals surface area contributed by atoms with Gasteiger partial charge in [-0.3, -0.25) is 10.1 Å². The molecule has 0 fully saturated rings. The van der Waals surface area contributed by atoms with E-state index in [-0.39, 0.29) is 11.4 Å². The minimum atomic E-state index is -1.06. The number of nitrogens with zero attached hydrogens (tertiary/aromatic N) is 2. The molecule has 0 saturated carbocycles. The molecule has 0 amide bonds. The van der Waals surface area contributed by atoms with Crippen LogP contribution in [0.3, 0.4) is 0 Å². The van der Waals surface area contributed by atoms with Crippen LogP contribution < -0.4 is 16.0 Å². The first-order chi connectivity index (χ1) is 9.51. The summed E-state index contributed by atoms with van der Waals surface area (Å²) in [4.78, 5) is 13.5. The topological polar surface area (TPSA) is 103 Å². The number of pyridine rings is 1. The number of nitro groups is 1. The fourth-order valence-electron chi connectivity index (χ4n) is 1.39. The predicted octanol–water partition coefficient (Wildman–Crippen LogP) is 2.35. The Balaban J connectivity index is 2.34. The molecule has 0 aliphatic heterocycles. The number of rotatable bonds is 4. The summed E-state index contributed by atoms with van der Waals surface area (Å²) in [6, 6.07) is 5.59. The standard InChI is InChI=1S/C11H8F2N4O3/c12-8-5-9(13)11(15-10(8)16-14)20-7-3-1-2-6(4-7)17(18)19/h1-5H,14H2,(H,15,16). The lowest BCUT2D eigenvalue weighted by Gasteiger charge is -2.08. The van der Waals surface area contributed by atoms with Crippen LogP contribution in [-0.4, -0.2) is 9.91 Å². The normalized spacial score (nSPS) is 10.2. The summed E-state index contributed by atoms with van der Waals surface area (Å²) in [6.45, 7) is 0. The molecule has 0 unspecified atom stereocenters. The van der Waals surface area contributed by atoms with Crippen molar-refractivity contribution in [3.63, 3.8) is 0 Å². The van der Waals surface area contributed by atoms with Crippen LogP contribution in [0.1, 0.15) is 0 Å². The van der Waals surface area contributed by atoms with Gasteiger partial charge in [0.15, 0.2) is 17.5 Å². The highest BCUT2D eigenvalue weighted by Crippen LogP contribution is 2.27. The van der Waals surface area contributed by atoms with Gasteiger partial charge in [-0.1, -0.05) is 6.07 Å². The minimum Gasteiger partial charge on any atom is -0.436 e. The first-order valence-corrected chi connectivity index (χ1v) is 5.26. The van der Waals surface area contributed by atoms with Crippen LogP contribution in [0.4, 0.5) is 20.3 Å². The number of nitrogens with two attached hydrogens (primary N) is 1. The third kappa shape index (κ3) is 2.78. The first kappa shape index (κ1) is 13.6. The smallest absolute Gasteiger partial charge is 0.273 e. The van der Waals surface area contributed by atoms with Crippen molar-refractivity contribution in [2.75, 3.05) is 5.43 Å². The second-order valence-electron chi connectivity index (χ2n) is 3.61. The summed E-state index contributed by atoms with van der Waals surface area (Å²) in [7, 11) is 0. The lowest BCUT2D eigenvalue weighted by atomic mass is 10.3. The van der Waals surface area contributed by atoms with Crippen LogP contribution in [0, 0.1) is 21.7 Å². The van der Waals surface area contributed by atoms with E-state index in [1.165, 1.54) is 18.2 Å². The summed E-state index contributed by atoms with van der Waals surface area (Å²) in [5, 5.41) is 10.6. The summed E-state index contributed by atoms with van der Waals surface area (Å²) < 4.78 is 31.7. The number of nitrogen functional groups attached to an aromatic ring is 1. The van der Waals surface area contributed by atoms with Crippen molar-refractivity contribution in [1.29, 1.82) is 0 Å². The molecule has 1 aromatic carbocycles. The third-order valence-corrected chi connectivity index (χ3v) is 2.28. The van der Waals surface area contributed by atoms with Gasteiger partial charge in [-0.05, 0) is 6.07 Å². The summed E-state index contributed by atoms with van der Waals surface area (Å²) in [5.74, 6) is 1.98. The number of benzene rings is 1. The number of hydrazine groups is 1. The SMILES string of the molecule is NNc1nc(Oc2cccc([N+](=O)[O-])c2)c(F)cc1F. The lowest BCUT2D eigenvalue weighted by molar-refractivity contribution is -0.384. The highest BCUT2D eigenvalue weighted by molar-refractivity contribution is 5.42. The largest absolute Gasteiger partial charge is 0.436 e. The molecule has 2 aromatic rings. The van der Waals surface area contributed by atoms with Gasteiger partial charge in [0, 0.05) is 12.1 Å². The first-order valence-electron chi connectivity index (χ1n) is 5.26. The summed E-state index contributed by atoms with van der Waals surface area (Å²) in [5.41, 5.74) is 1.70. The molecule has 0 bridgehead atoms. The zero-order valence-electron chi connectivity index (χ0n) is 9.84. The average Bonchev–Trinajstić information content (AvgIpc) is 2.42. The fourth-order valence-corrected chi connectivity index (χ4v) is 1.39. The van der Waals surface area contributed by atoms with Crippen LogP contribution in [0.5, 0.6) is 11.6 Å². The molecule has 1 heterocycles. The van der Waals surface area contributed by atoms with Gasteiger partial charge in [-0.25, -0.2) is 14.6 Å². The number of anilines is 1. The average molecular weight is 282 g/mol.